The Labute approximate surface area is 130 Å². The van der Waals surface area contributed by atoms with Crippen molar-refractivity contribution in [2.24, 2.45) is 0 Å². The van der Waals surface area contributed by atoms with E-state index in [1.807, 2.05) is 30.3 Å². The Morgan fingerprint density at radius 3 is 2.57 bits per heavy atom. The van der Waals surface area contributed by atoms with Gasteiger partial charge in [-0.1, -0.05) is 48.6 Å². The van der Waals surface area contributed by atoms with Crippen molar-refractivity contribution in [3.63, 3.8) is 0 Å². The predicted molar refractivity (Wildman–Crippen MR) is 89.2 cm³/mol. The van der Waals surface area contributed by atoms with E-state index >= 15 is 0 Å². The van der Waals surface area contributed by atoms with Crippen molar-refractivity contribution >= 4 is 43.6 Å². The first kappa shape index (κ1) is 13.0. The van der Waals surface area contributed by atoms with Crippen LogP contribution in [0.3, 0.4) is 0 Å². The zero-order valence-electron chi connectivity index (χ0n) is 11.1. The molecule has 0 aromatic heterocycles. The van der Waals surface area contributed by atoms with Gasteiger partial charge in [-0.3, -0.25) is 0 Å². The molecule has 1 aliphatic carbocycles. The fraction of sp³-hybridized carbons (Fsp3) is 0.111. The molecule has 0 heterocycles. The van der Waals surface area contributed by atoms with Gasteiger partial charge in [0.2, 0.25) is 0 Å². The Morgan fingerprint density at radius 2 is 1.71 bits per heavy atom. The second kappa shape index (κ2) is 4.67. The van der Waals surface area contributed by atoms with Crippen LogP contribution in [0.4, 0.5) is 0 Å². The third-order valence-corrected chi connectivity index (χ3v) is 5.01. The van der Waals surface area contributed by atoms with Gasteiger partial charge < -0.3 is 10.2 Å². The zero-order chi connectivity index (χ0) is 14.6. The minimum Gasteiger partial charge on any atom is -0.386 e. The van der Waals surface area contributed by atoms with Crippen molar-refractivity contribution in [1.29, 1.82) is 0 Å². The second-order valence-electron chi connectivity index (χ2n) is 5.37. The van der Waals surface area contributed by atoms with Crippen LogP contribution in [0.5, 0.6) is 0 Å². The lowest BCUT2D eigenvalue weighted by molar-refractivity contribution is 0.0471. The Hall–Kier alpha value is -1.68. The van der Waals surface area contributed by atoms with E-state index < -0.39 is 12.2 Å². The standard InChI is InChI=1S/C18H13BrO2/c19-17-11-4-2-1-3-10(11)9-15-12-7-8-16(20)18(21)14(12)6-5-13(15)17/h1-9,16,18,20-21H/t16-,18-/m1/s1. The van der Waals surface area contributed by atoms with E-state index in [1.165, 1.54) is 5.39 Å². The van der Waals surface area contributed by atoms with E-state index in [0.29, 0.717) is 0 Å². The number of aliphatic hydroxyl groups excluding tert-OH is 2. The number of benzene rings is 3. The minimum atomic E-state index is -0.861. The highest BCUT2D eigenvalue weighted by Gasteiger charge is 2.24. The quantitative estimate of drug-likeness (QED) is 0.603. The normalized spacial score (nSPS) is 20.9. The average molecular weight is 341 g/mol. The predicted octanol–water partition coefficient (Wildman–Crippen LogP) is 4.18. The van der Waals surface area contributed by atoms with E-state index in [2.05, 4.69) is 34.1 Å². The van der Waals surface area contributed by atoms with E-state index in [1.54, 1.807) is 6.08 Å². The maximum Gasteiger partial charge on any atom is 0.109 e. The maximum absolute atomic E-state index is 10.2. The number of rotatable bonds is 0. The summed E-state index contributed by atoms with van der Waals surface area (Å²) >= 11 is 3.70. The molecule has 0 unspecified atom stereocenters. The van der Waals surface area contributed by atoms with Crippen LogP contribution in [0, 0.1) is 0 Å². The number of hydrogen-bond acceptors (Lipinski definition) is 2. The van der Waals surface area contributed by atoms with Gasteiger partial charge in [-0.25, -0.2) is 0 Å². The van der Waals surface area contributed by atoms with Crippen LogP contribution in [-0.4, -0.2) is 16.3 Å². The molecule has 1 aliphatic rings. The van der Waals surface area contributed by atoms with Gasteiger partial charge in [0.15, 0.2) is 0 Å². The molecule has 0 amide bonds. The molecule has 0 spiro atoms. The molecule has 104 valence electrons. The molecule has 0 bridgehead atoms. The molecule has 2 nitrogen and oxygen atoms in total. The summed E-state index contributed by atoms with van der Waals surface area (Å²) in [5.41, 5.74) is 1.76. The molecule has 0 saturated carbocycles. The zero-order valence-corrected chi connectivity index (χ0v) is 12.7. The van der Waals surface area contributed by atoms with Gasteiger partial charge in [-0.2, -0.15) is 0 Å². The summed E-state index contributed by atoms with van der Waals surface area (Å²) in [6.07, 6.45) is 1.85. The van der Waals surface area contributed by atoms with Crippen LogP contribution in [-0.2, 0) is 0 Å². The first-order valence-corrected chi connectivity index (χ1v) is 7.64. The molecule has 3 aromatic carbocycles. The number of hydrogen-bond donors (Lipinski definition) is 2. The highest BCUT2D eigenvalue weighted by molar-refractivity contribution is 9.10. The smallest absolute Gasteiger partial charge is 0.109 e. The Kier molecular flexibility index (Phi) is 2.89. The topological polar surface area (TPSA) is 40.5 Å². The summed E-state index contributed by atoms with van der Waals surface area (Å²) in [5, 5.41) is 24.5. The van der Waals surface area contributed by atoms with Crippen LogP contribution in [0.25, 0.3) is 27.6 Å². The van der Waals surface area contributed by atoms with Gasteiger partial charge >= 0.3 is 0 Å². The van der Waals surface area contributed by atoms with Crippen LogP contribution >= 0.6 is 15.9 Å². The molecule has 3 aromatic rings. The monoisotopic (exact) mass is 340 g/mol. The highest BCUT2D eigenvalue weighted by atomic mass is 79.9. The van der Waals surface area contributed by atoms with Crippen molar-refractivity contribution in [3.8, 4) is 0 Å². The third-order valence-electron chi connectivity index (χ3n) is 4.16. The molecule has 2 atom stereocenters. The van der Waals surface area contributed by atoms with Crippen molar-refractivity contribution in [2.75, 3.05) is 0 Å². The number of fused-ring (bicyclic) bond motifs is 4. The van der Waals surface area contributed by atoms with Gasteiger partial charge in [0, 0.05) is 4.47 Å². The van der Waals surface area contributed by atoms with E-state index in [0.717, 1.165) is 31.8 Å². The van der Waals surface area contributed by atoms with Crippen molar-refractivity contribution in [3.05, 3.63) is 64.1 Å². The first-order chi connectivity index (χ1) is 10.2. The summed E-state index contributed by atoms with van der Waals surface area (Å²) in [4.78, 5) is 0. The Bertz CT molecular complexity index is 898. The molecule has 0 fully saturated rings. The van der Waals surface area contributed by atoms with Crippen LogP contribution in [0.2, 0.25) is 0 Å². The lowest BCUT2D eigenvalue weighted by atomic mass is 9.88. The fourth-order valence-electron chi connectivity index (χ4n) is 3.05. The summed E-state index contributed by atoms with van der Waals surface area (Å²) < 4.78 is 1.06. The van der Waals surface area contributed by atoms with Crippen LogP contribution in [0.1, 0.15) is 17.2 Å². The maximum atomic E-state index is 10.2. The Balaban J connectivity index is 2.15. The molecule has 4 rings (SSSR count). The Morgan fingerprint density at radius 1 is 0.905 bits per heavy atom. The summed E-state index contributed by atoms with van der Waals surface area (Å²) in [6.45, 7) is 0. The van der Waals surface area contributed by atoms with Gasteiger partial charge in [-0.05, 0) is 54.7 Å². The third kappa shape index (κ3) is 1.85. The van der Waals surface area contributed by atoms with Gasteiger partial charge in [-0.15, -0.1) is 0 Å². The lowest BCUT2D eigenvalue weighted by Gasteiger charge is -2.23. The first-order valence-electron chi connectivity index (χ1n) is 6.85. The molecule has 21 heavy (non-hydrogen) atoms. The SMILES string of the molecule is O[C@@H]1C=Cc2c(ccc3c(Br)c4ccccc4cc23)[C@H]1O. The van der Waals surface area contributed by atoms with Crippen molar-refractivity contribution in [1.82, 2.24) is 0 Å². The highest BCUT2D eigenvalue weighted by Crippen LogP contribution is 2.39. The van der Waals surface area contributed by atoms with E-state index in [4.69, 9.17) is 0 Å². The molecule has 3 heteroatoms. The molecule has 0 saturated heterocycles. The second-order valence-corrected chi connectivity index (χ2v) is 6.16. The van der Waals surface area contributed by atoms with Crippen LogP contribution in [0.15, 0.2) is 53.0 Å². The fourth-order valence-corrected chi connectivity index (χ4v) is 3.76. The van der Waals surface area contributed by atoms with Gasteiger partial charge in [0.1, 0.15) is 12.2 Å². The van der Waals surface area contributed by atoms with E-state index in [-0.39, 0.29) is 0 Å². The molecular formula is C18H13BrO2. The summed E-state index contributed by atoms with van der Waals surface area (Å²) in [7, 11) is 0. The minimum absolute atomic E-state index is 0.777. The van der Waals surface area contributed by atoms with Gasteiger partial charge in [0.25, 0.3) is 0 Å². The molecular weight excluding hydrogens is 328 g/mol. The number of halogens is 1. The molecule has 0 aliphatic heterocycles. The van der Waals surface area contributed by atoms with Gasteiger partial charge in [0.05, 0.1) is 0 Å². The largest absolute Gasteiger partial charge is 0.386 e. The summed E-state index contributed by atoms with van der Waals surface area (Å²) in [6, 6.07) is 14.3. The average Bonchev–Trinajstić information content (AvgIpc) is 2.51. The molecule has 2 N–H and O–H groups in total. The van der Waals surface area contributed by atoms with Crippen molar-refractivity contribution < 1.29 is 10.2 Å². The number of aliphatic hydroxyl groups is 2. The van der Waals surface area contributed by atoms with E-state index in [9.17, 15) is 10.2 Å². The molecule has 0 radical (unpaired) electrons. The summed E-state index contributed by atoms with van der Waals surface area (Å²) in [5.74, 6) is 0. The van der Waals surface area contributed by atoms with Crippen LogP contribution < -0.4 is 0 Å². The van der Waals surface area contributed by atoms with Crippen molar-refractivity contribution in [2.45, 2.75) is 12.2 Å². The lowest BCUT2D eigenvalue weighted by Crippen LogP contribution is -2.19.